The Morgan fingerprint density at radius 1 is 1.03 bits per heavy atom. The van der Waals surface area contributed by atoms with Gasteiger partial charge in [-0.05, 0) is 37.1 Å². The normalized spacial score (nSPS) is 14.9. The van der Waals surface area contributed by atoms with Crippen LogP contribution < -0.4 is 4.74 Å². The Hall–Kier alpha value is -3.15. The number of carbonyl (C=O) groups is 1. The summed E-state index contributed by atoms with van der Waals surface area (Å²) in [7, 11) is 0. The van der Waals surface area contributed by atoms with Crippen molar-refractivity contribution in [3.8, 4) is 11.5 Å². The van der Waals surface area contributed by atoms with Crippen LogP contribution in [0, 0.1) is 0 Å². The van der Waals surface area contributed by atoms with Gasteiger partial charge in [0, 0.05) is 24.9 Å². The number of carbonyl (C=O) groups excluding carboxylic acids is 1. The minimum Gasteiger partial charge on any atom is -0.457 e. The average Bonchev–Trinajstić information content (AvgIpc) is 3.25. The minimum atomic E-state index is -0.0108. The number of amides is 1. The predicted molar refractivity (Wildman–Crippen MR) is 109 cm³/mol. The lowest BCUT2D eigenvalue weighted by Crippen LogP contribution is -2.38. The van der Waals surface area contributed by atoms with Crippen LogP contribution in [-0.4, -0.2) is 34.1 Å². The van der Waals surface area contributed by atoms with E-state index in [0.717, 1.165) is 12.8 Å². The van der Waals surface area contributed by atoms with Crippen molar-refractivity contribution in [1.82, 2.24) is 15.1 Å². The van der Waals surface area contributed by atoms with E-state index in [1.54, 1.807) is 0 Å². The molecule has 0 atom stereocenters. The van der Waals surface area contributed by atoms with E-state index in [1.807, 2.05) is 73.3 Å². The van der Waals surface area contributed by atoms with Crippen molar-refractivity contribution in [2.45, 2.75) is 38.5 Å². The Morgan fingerprint density at radius 2 is 1.72 bits per heavy atom. The molecule has 1 amide bonds. The van der Waals surface area contributed by atoms with Crippen molar-refractivity contribution in [1.29, 1.82) is 0 Å². The Bertz CT molecular complexity index is 960. The second kappa shape index (κ2) is 8.47. The molecule has 2 aromatic carbocycles. The zero-order valence-electron chi connectivity index (χ0n) is 16.7. The lowest BCUT2D eigenvalue weighted by Gasteiger charge is -2.31. The number of nitrogens with zero attached hydrogens (tertiary/aromatic N) is 3. The van der Waals surface area contributed by atoms with Crippen molar-refractivity contribution < 1.29 is 13.9 Å². The molecule has 1 aromatic heterocycles. The Balaban J connectivity index is 1.43. The molecule has 6 nitrogen and oxygen atoms in total. The molecule has 1 fully saturated rings. The van der Waals surface area contributed by atoms with Gasteiger partial charge in [0.25, 0.3) is 5.91 Å². The molecule has 0 aliphatic carbocycles. The summed E-state index contributed by atoms with van der Waals surface area (Å²) in [6, 6.07) is 16.9. The Kier molecular flexibility index (Phi) is 5.60. The number of para-hydroxylation sites is 2. The van der Waals surface area contributed by atoms with E-state index in [-0.39, 0.29) is 17.7 Å². The van der Waals surface area contributed by atoms with E-state index in [2.05, 4.69) is 10.2 Å². The maximum Gasteiger partial charge on any atom is 0.257 e. The average molecular weight is 391 g/mol. The lowest BCUT2D eigenvalue weighted by molar-refractivity contribution is 0.0703. The quantitative estimate of drug-likeness (QED) is 0.612. The van der Waals surface area contributed by atoms with E-state index in [0.29, 0.717) is 41.9 Å². The molecular weight excluding hydrogens is 366 g/mol. The number of hydrogen-bond donors (Lipinski definition) is 0. The van der Waals surface area contributed by atoms with E-state index in [4.69, 9.17) is 9.15 Å². The Morgan fingerprint density at radius 3 is 2.41 bits per heavy atom. The van der Waals surface area contributed by atoms with Crippen LogP contribution in [-0.2, 0) is 0 Å². The van der Waals surface area contributed by atoms with Gasteiger partial charge in [-0.1, -0.05) is 44.2 Å². The highest BCUT2D eigenvalue weighted by Gasteiger charge is 2.29. The van der Waals surface area contributed by atoms with Gasteiger partial charge in [-0.2, -0.15) is 0 Å². The van der Waals surface area contributed by atoms with Crippen molar-refractivity contribution in [3.05, 3.63) is 71.9 Å². The van der Waals surface area contributed by atoms with E-state index >= 15 is 0 Å². The van der Waals surface area contributed by atoms with Gasteiger partial charge in [-0.15, -0.1) is 10.2 Å². The van der Waals surface area contributed by atoms with Crippen molar-refractivity contribution in [2.75, 3.05) is 13.1 Å². The van der Waals surface area contributed by atoms with Crippen molar-refractivity contribution >= 4 is 5.91 Å². The van der Waals surface area contributed by atoms with Crippen LogP contribution >= 0.6 is 0 Å². The fourth-order valence-corrected chi connectivity index (χ4v) is 3.49. The number of ether oxygens (including phenoxy) is 1. The standard InChI is InChI=1S/C23H25N3O3/c1-16(2)21-24-25-22(29-21)17-12-14-26(15-13-17)23(27)19-10-6-7-11-20(19)28-18-8-4-3-5-9-18/h3-11,16-17H,12-15H2,1-2H3. The molecule has 6 heteroatoms. The number of rotatable bonds is 5. The van der Waals surface area contributed by atoms with Gasteiger partial charge in [0.1, 0.15) is 11.5 Å². The third-order valence-corrected chi connectivity index (χ3v) is 5.17. The summed E-state index contributed by atoms with van der Waals surface area (Å²) in [5.41, 5.74) is 0.578. The third kappa shape index (κ3) is 4.31. The van der Waals surface area contributed by atoms with Crippen LogP contribution in [0.5, 0.6) is 11.5 Å². The second-order valence-electron chi connectivity index (χ2n) is 7.61. The first-order chi connectivity index (χ1) is 14.1. The topological polar surface area (TPSA) is 68.5 Å². The summed E-state index contributed by atoms with van der Waals surface area (Å²) in [5, 5.41) is 8.34. The number of hydrogen-bond acceptors (Lipinski definition) is 5. The van der Waals surface area contributed by atoms with Crippen LogP contribution in [0.15, 0.2) is 59.0 Å². The summed E-state index contributed by atoms with van der Waals surface area (Å²) in [6.07, 6.45) is 1.63. The molecule has 0 bridgehead atoms. The molecule has 1 saturated heterocycles. The summed E-state index contributed by atoms with van der Waals surface area (Å²) in [4.78, 5) is 15.0. The van der Waals surface area contributed by atoms with E-state index in [1.165, 1.54) is 0 Å². The SMILES string of the molecule is CC(C)c1nnc(C2CCN(C(=O)c3ccccc3Oc3ccccc3)CC2)o1. The van der Waals surface area contributed by atoms with Crippen LogP contribution in [0.25, 0.3) is 0 Å². The third-order valence-electron chi connectivity index (χ3n) is 5.17. The molecule has 2 heterocycles. The highest BCUT2D eigenvalue weighted by molar-refractivity contribution is 5.97. The van der Waals surface area contributed by atoms with E-state index in [9.17, 15) is 4.79 Å². The maximum absolute atomic E-state index is 13.1. The molecule has 1 aliphatic heterocycles. The lowest BCUT2D eigenvalue weighted by atomic mass is 9.96. The minimum absolute atomic E-state index is 0.0108. The highest BCUT2D eigenvalue weighted by atomic mass is 16.5. The molecule has 4 rings (SSSR count). The summed E-state index contributed by atoms with van der Waals surface area (Å²) in [6.45, 7) is 5.38. The van der Waals surface area contributed by atoms with Crippen LogP contribution in [0.3, 0.4) is 0 Å². The monoisotopic (exact) mass is 391 g/mol. The zero-order valence-corrected chi connectivity index (χ0v) is 16.7. The van der Waals surface area contributed by atoms with E-state index < -0.39 is 0 Å². The molecule has 0 saturated carbocycles. The molecule has 0 unspecified atom stereocenters. The number of benzene rings is 2. The molecular formula is C23H25N3O3. The first-order valence-corrected chi connectivity index (χ1v) is 10.1. The maximum atomic E-state index is 13.1. The summed E-state index contributed by atoms with van der Waals surface area (Å²) in [5.74, 6) is 3.06. The molecule has 29 heavy (non-hydrogen) atoms. The van der Waals surface area contributed by atoms with Gasteiger partial charge in [0.15, 0.2) is 0 Å². The smallest absolute Gasteiger partial charge is 0.257 e. The first-order valence-electron chi connectivity index (χ1n) is 10.1. The Labute approximate surface area is 170 Å². The molecule has 150 valence electrons. The fraction of sp³-hybridized carbons (Fsp3) is 0.348. The molecule has 3 aromatic rings. The van der Waals surface area contributed by atoms with Gasteiger partial charge < -0.3 is 14.1 Å². The number of aromatic nitrogens is 2. The zero-order chi connectivity index (χ0) is 20.2. The summed E-state index contributed by atoms with van der Waals surface area (Å²) < 4.78 is 11.8. The predicted octanol–water partition coefficient (Wildman–Crippen LogP) is 5.01. The van der Waals surface area contributed by atoms with Crippen LogP contribution in [0.4, 0.5) is 0 Å². The van der Waals surface area contributed by atoms with Gasteiger partial charge >= 0.3 is 0 Å². The molecule has 0 N–H and O–H groups in total. The molecule has 0 spiro atoms. The highest BCUT2D eigenvalue weighted by Crippen LogP contribution is 2.31. The fourth-order valence-electron chi connectivity index (χ4n) is 3.49. The van der Waals surface area contributed by atoms with Gasteiger partial charge in [0.2, 0.25) is 11.8 Å². The summed E-state index contributed by atoms with van der Waals surface area (Å²) >= 11 is 0. The molecule has 1 aliphatic rings. The second-order valence-corrected chi connectivity index (χ2v) is 7.61. The van der Waals surface area contributed by atoms with Crippen molar-refractivity contribution in [2.24, 2.45) is 0 Å². The number of likely N-dealkylation sites (tertiary alicyclic amines) is 1. The first kappa shape index (κ1) is 19.2. The van der Waals surface area contributed by atoms with Crippen LogP contribution in [0.1, 0.15) is 60.7 Å². The van der Waals surface area contributed by atoms with Gasteiger partial charge in [-0.3, -0.25) is 4.79 Å². The van der Waals surface area contributed by atoms with Gasteiger partial charge in [0.05, 0.1) is 5.56 Å². The van der Waals surface area contributed by atoms with Crippen LogP contribution in [0.2, 0.25) is 0 Å². The molecule has 0 radical (unpaired) electrons. The number of piperidine rings is 1. The van der Waals surface area contributed by atoms with Crippen molar-refractivity contribution in [3.63, 3.8) is 0 Å². The van der Waals surface area contributed by atoms with Gasteiger partial charge in [-0.25, -0.2) is 0 Å². The largest absolute Gasteiger partial charge is 0.457 e.